The number of benzene rings is 6. The lowest BCUT2D eigenvalue weighted by Gasteiger charge is -2.13. The molecule has 202 valence electrons. The van der Waals surface area contributed by atoms with Gasteiger partial charge in [0.1, 0.15) is 0 Å². The zero-order valence-corrected chi connectivity index (χ0v) is 24.4. The molecule has 0 spiro atoms. The summed E-state index contributed by atoms with van der Waals surface area (Å²) in [7, 11) is 0. The van der Waals surface area contributed by atoms with Crippen LogP contribution in [0.2, 0.25) is 0 Å². The third-order valence-corrected chi connectivity index (χ3v) is 8.69. The van der Waals surface area contributed by atoms with E-state index in [9.17, 15) is 0 Å². The number of rotatable bonds is 3. The SMILES string of the molecule is Cc1ccc2c(c1)c1cc(C)ccc1n2-c1cccc(-c2cccc(-n3c4ccc(C)cc4c4cc(C)ccc43)c2)c1. The molecule has 0 aliphatic rings. The summed E-state index contributed by atoms with van der Waals surface area (Å²) in [6.07, 6.45) is 0. The van der Waals surface area contributed by atoms with Crippen LogP contribution in [0.4, 0.5) is 0 Å². The molecule has 0 bridgehead atoms. The molecule has 2 heterocycles. The molecule has 2 aromatic heterocycles. The van der Waals surface area contributed by atoms with Crippen molar-refractivity contribution in [3.8, 4) is 22.5 Å². The van der Waals surface area contributed by atoms with Gasteiger partial charge in [-0.25, -0.2) is 0 Å². The first-order chi connectivity index (χ1) is 20.4. The van der Waals surface area contributed by atoms with E-state index in [-0.39, 0.29) is 0 Å². The van der Waals surface area contributed by atoms with Crippen molar-refractivity contribution in [2.24, 2.45) is 0 Å². The minimum Gasteiger partial charge on any atom is -0.309 e. The van der Waals surface area contributed by atoms with Crippen molar-refractivity contribution < 1.29 is 0 Å². The molecule has 0 aliphatic heterocycles. The minimum absolute atomic E-state index is 1.17. The van der Waals surface area contributed by atoms with Gasteiger partial charge in [-0.05, 0) is 112 Å². The third kappa shape index (κ3) is 3.79. The van der Waals surface area contributed by atoms with Crippen molar-refractivity contribution in [1.82, 2.24) is 9.13 Å². The van der Waals surface area contributed by atoms with E-state index in [1.807, 2.05) is 0 Å². The van der Waals surface area contributed by atoms with Gasteiger partial charge in [0, 0.05) is 32.9 Å². The summed E-state index contributed by atoms with van der Waals surface area (Å²) >= 11 is 0. The predicted octanol–water partition coefficient (Wildman–Crippen LogP) is 10.8. The number of hydrogen-bond acceptors (Lipinski definition) is 0. The van der Waals surface area contributed by atoms with Gasteiger partial charge < -0.3 is 9.13 Å². The van der Waals surface area contributed by atoms with E-state index in [1.54, 1.807) is 0 Å². The van der Waals surface area contributed by atoms with Gasteiger partial charge in [-0.2, -0.15) is 0 Å². The Morgan fingerprint density at radius 2 is 0.643 bits per heavy atom. The second kappa shape index (κ2) is 9.22. The Labute approximate surface area is 246 Å². The summed E-state index contributed by atoms with van der Waals surface area (Å²) in [5, 5.41) is 5.21. The second-order valence-electron chi connectivity index (χ2n) is 11.9. The van der Waals surface area contributed by atoms with E-state index in [1.165, 1.54) is 88.4 Å². The van der Waals surface area contributed by atoms with Crippen LogP contribution in [0, 0.1) is 27.7 Å². The number of nitrogens with zero attached hydrogens (tertiary/aromatic N) is 2. The van der Waals surface area contributed by atoms with Crippen molar-refractivity contribution in [2.75, 3.05) is 0 Å². The van der Waals surface area contributed by atoms with Gasteiger partial charge in [-0.15, -0.1) is 0 Å². The fourth-order valence-electron chi connectivity index (χ4n) is 6.71. The molecule has 0 aliphatic carbocycles. The monoisotopic (exact) mass is 540 g/mol. The standard InChI is InChI=1S/C40H32N2/c1-25-11-15-37-33(19-25)34-20-26(2)12-16-38(34)41(37)31-9-5-7-29(23-31)30-8-6-10-32(24-30)42-39-17-13-27(3)21-35(39)36-22-28(4)14-18-40(36)42/h5-24H,1-4H3. The van der Waals surface area contributed by atoms with Crippen LogP contribution >= 0.6 is 0 Å². The number of aromatic nitrogens is 2. The largest absolute Gasteiger partial charge is 0.309 e. The third-order valence-electron chi connectivity index (χ3n) is 8.69. The normalized spacial score (nSPS) is 11.8. The first-order valence-electron chi connectivity index (χ1n) is 14.7. The maximum atomic E-state index is 2.41. The summed E-state index contributed by atoms with van der Waals surface area (Å²) in [6.45, 7) is 8.69. The fraction of sp³-hybridized carbons (Fsp3) is 0.100. The Bertz CT molecular complexity index is 2060. The molecule has 42 heavy (non-hydrogen) atoms. The zero-order valence-electron chi connectivity index (χ0n) is 24.4. The molecule has 0 atom stereocenters. The Hall–Kier alpha value is -5.08. The highest BCUT2D eigenvalue weighted by molar-refractivity contribution is 6.10. The molecule has 2 heteroatoms. The van der Waals surface area contributed by atoms with E-state index < -0.39 is 0 Å². The van der Waals surface area contributed by atoms with Gasteiger partial charge in [0.2, 0.25) is 0 Å². The molecule has 8 rings (SSSR count). The van der Waals surface area contributed by atoms with Crippen LogP contribution in [0.5, 0.6) is 0 Å². The molecule has 0 amide bonds. The summed E-state index contributed by atoms with van der Waals surface area (Å²) in [5.74, 6) is 0. The molecule has 2 nitrogen and oxygen atoms in total. The molecular weight excluding hydrogens is 508 g/mol. The van der Waals surface area contributed by atoms with Crippen LogP contribution in [0.3, 0.4) is 0 Å². The summed E-state index contributed by atoms with van der Waals surface area (Å²) < 4.78 is 4.82. The molecule has 0 N–H and O–H groups in total. The minimum atomic E-state index is 1.17. The van der Waals surface area contributed by atoms with Crippen molar-refractivity contribution in [1.29, 1.82) is 0 Å². The number of fused-ring (bicyclic) bond motifs is 6. The van der Waals surface area contributed by atoms with Crippen LogP contribution in [0.1, 0.15) is 22.3 Å². The van der Waals surface area contributed by atoms with Gasteiger partial charge in [-0.3, -0.25) is 0 Å². The maximum absolute atomic E-state index is 2.41. The molecule has 0 fully saturated rings. The van der Waals surface area contributed by atoms with Gasteiger partial charge in [0.25, 0.3) is 0 Å². The lowest BCUT2D eigenvalue weighted by atomic mass is 10.0. The molecule has 8 aromatic rings. The molecule has 0 radical (unpaired) electrons. The van der Waals surface area contributed by atoms with Gasteiger partial charge in [0.15, 0.2) is 0 Å². The topological polar surface area (TPSA) is 9.86 Å². The van der Waals surface area contributed by atoms with Gasteiger partial charge in [0.05, 0.1) is 22.1 Å². The van der Waals surface area contributed by atoms with Crippen molar-refractivity contribution in [2.45, 2.75) is 27.7 Å². The number of hydrogen-bond donors (Lipinski definition) is 0. The molecule has 0 saturated carbocycles. The highest BCUT2D eigenvalue weighted by atomic mass is 15.0. The van der Waals surface area contributed by atoms with E-state index >= 15 is 0 Å². The van der Waals surface area contributed by atoms with E-state index in [2.05, 4.69) is 158 Å². The van der Waals surface area contributed by atoms with Crippen LogP contribution < -0.4 is 0 Å². The lowest BCUT2D eigenvalue weighted by Crippen LogP contribution is -1.96. The van der Waals surface area contributed by atoms with Crippen LogP contribution in [-0.2, 0) is 0 Å². The first kappa shape index (κ1) is 24.7. The average molecular weight is 541 g/mol. The van der Waals surface area contributed by atoms with Crippen molar-refractivity contribution in [3.63, 3.8) is 0 Å². The average Bonchev–Trinajstić information content (AvgIpc) is 3.48. The Kier molecular flexibility index (Phi) is 5.42. The maximum Gasteiger partial charge on any atom is 0.0541 e. The highest BCUT2D eigenvalue weighted by Crippen LogP contribution is 2.36. The molecule has 6 aromatic carbocycles. The Balaban J connectivity index is 1.31. The van der Waals surface area contributed by atoms with Gasteiger partial charge in [-0.1, -0.05) is 70.8 Å². The number of aryl methyl sites for hydroxylation is 4. The van der Waals surface area contributed by atoms with Crippen molar-refractivity contribution in [3.05, 3.63) is 144 Å². The second-order valence-corrected chi connectivity index (χ2v) is 11.9. The van der Waals surface area contributed by atoms with E-state index in [0.717, 1.165) is 0 Å². The first-order valence-corrected chi connectivity index (χ1v) is 14.7. The van der Waals surface area contributed by atoms with Crippen LogP contribution in [0.15, 0.2) is 121 Å². The van der Waals surface area contributed by atoms with Crippen molar-refractivity contribution >= 4 is 43.6 Å². The molecule has 0 unspecified atom stereocenters. The molecular formula is C40H32N2. The molecule has 0 saturated heterocycles. The van der Waals surface area contributed by atoms with Crippen LogP contribution in [0.25, 0.3) is 66.1 Å². The summed E-state index contributed by atoms with van der Waals surface area (Å²) in [4.78, 5) is 0. The van der Waals surface area contributed by atoms with E-state index in [4.69, 9.17) is 0 Å². The fourth-order valence-corrected chi connectivity index (χ4v) is 6.71. The quantitative estimate of drug-likeness (QED) is 0.211. The zero-order chi connectivity index (χ0) is 28.5. The highest BCUT2D eigenvalue weighted by Gasteiger charge is 2.15. The summed E-state index contributed by atoms with van der Waals surface area (Å²) in [5.41, 5.74) is 14.8. The Morgan fingerprint density at radius 1 is 0.333 bits per heavy atom. The lowest BCUT2D eigenvalue weighted by molar-refractivity contribution is 1.17. The predicted molar refractivity (Wildman–Crippen MR) is 180 cm³/mol. The van der Waals surface area contributed by atoms with Crippen LogP contribution in [-0.4, -0.2) is 9.13 Å². The van der Waals surface area contributed by atoms with Gasteiger partial charge >= 0.3 is 0 Å². The van der Waals surface area contributed by atoms with E-state index in [0.29, 0.717) is 0 Å². The smallest absolute Gasteiger partial charge is 0.0541 e. The summed E-state index contributed by atoms with van der Waals surface area (Å²) in [6, 6.07) is 45.1. The Morgan fingerprint density at radius 3 is 0.952 bits per heavy atom.